The first kappa shape index (κ1) is 16.8. The van der Waals surface area contributed by atoms with Crippen LogP contribution in [0.25, 0.3) is 0 Å². The lowest BCUT2D eigenvalue weighted by atomic mass is 9.82. The van der Waals surface area contributed by atoms with E-state index < -0.39 is 0 Å². The van der Waals surface area contributed by atoms with Gasteiger partial charge < -0.3 is 10.6 Å². The SMILES string of the molecule is CC(C)(C)CC(C)(C)NC(=O)NCc1ccc(Cl)cc1. The molecule has 0 aliphatic rings. The quantitative estimate of drug-likeness (QED) is 0.852. The Balaban J connectivity index is 2.45. The lowest BCUT2D eigenvalue weighted by Gasteiger charge is -2.33. The van der Waals surface area contributed by atoms with Crippen LogP contribution in [0.5, 0.6) is 0 Å². The zero-order chi connectivity index (χ0) is 15.4. The first-order valence-corrected chi connectivity index (χ1v) is 7.26. The minimum absolute atomic E-state index is 0.144. The Morgan fingerprint density at radius 2 is 1.65 bits per heavy atom. The topological polar surface area (TPSA) is 41.1 Å². The van der Waals surface area contributed by atoms with Crippen LogP contribution in [-0.4, -0.2) is 11.6 Å². The highest BCUT2D eigenvalue weighted by Gasteiger charge is 2.26. The number of nitrogens with one attached hydrogen (secondary N) is 2. The van der Waals surface area contributed by atoms with E-state index in [1.165, 1.54) is 0 Å². The van der Waals surface area contributed by atoms with Crippen LogP contribution in [-0.2, 0) is 6.54 Å². The fraction of sp³-hybridized carbons (Fsp3) is 0.562. The van der Waals surface area contributed by atoms with Crippen molar-refractivity contribution in [3.8, 4) is 0 Å². The molecule has 0 atom stereocenters. The Labute approximate surface area is 127 Å². The highest BCUT2D eigenvalue weighted by atomic mass is 35.5. The molecule has 0 bridgehead atoms. The van der Waals surface area contributed by atoms with Crippen molar-refractivity contribution in [3.63, 3.8) is 0 Å². The van der Waals surface area contributed by atoms with Gasteiger partial charge in [0.2, 0.25) is 0 Å². The molecule has 0 saturated heterocycles. The summed E-state index contributed by atoms with van der Waals surface area (Å²) in [6.07, 6.45) is 0.911. The Kier molecular flexibility index (Phi) is 5.46. The van der Waals surface area contributed by atoms with Crippen molar-refractivity contribution in [1.29, 1.82) is 0 Å². The third kappa shape index (κ3) is 6.80. The molecule has 0 unspecified atom stereocenters. The first-order valence-electron chi connectivity index (χ1n) is 6.88. The fourth-order valence-corrected chi connectivity index (χ4v) is 2.63. The Bertz CT molecular complexity index is 447. The van der Waals surface area contributed by atoms with Crippen molar-refractivity contribution in [2.75, 3.05) is 0 Å². The van der Waals surface area contributed by atoms with Gasteiger partial charge in [0.25, 0.3) is 0 Å². The fourth-order valence-electron chi connectivity index (χ4n) is 2.51. The summed E-state index contributed by atoms with van der Waals surface area (Å²) in [5, 5.41) is 6.58. The molecule has 0 radical (unpaired) electrons. The van der Waals surface area contributed by atoms with Crippen molar-refractivity contribution in [2.24, 2.45) is 5.41 Å². The molecule has 4 heteroatoms. The highest BCUT2D eigenvalue weighted by Crippen LogP contribution is 2.26. The largest absolute Gasteiger partial charge is 0.334 e. The van der Waals surface area contributed by atoms with E-state index in [9.17, 15) is 4.79 Å². The van der Waals surface area contributed by atoms with Crippen molar-refractivity contribution >= 4 is 17.6 Å². The molecule has 0 spiro atoms. The number of carbonyl (C=O) groups excluding carboxylic acids is 1. The summed E-state index contributed by atoms with van der Waals surface area (Å²) < 4.78 is 0. The van der Waals surface area contributed by atoms with Crippen LogP contribution < -0.4 is 10.6 Å². The van der Waals surface area contributed by atoms with Crippen molar-refractivity contribution in [2.45, 2.75) is 53.1 Å². The molecule has 0 aliphatic carbocycles. The second-order valence-electron chi connectivity index (χ2n) is 7.06. The van der Waals surface area contributed by atoms with Crippen LogP contribution in [0.1, 0.15) is 46.6 Å². The molecule has 1 rings (SSSR count). The maximum absolute atomic E-state index is 11.9. The summed E-state index contributed by atoms with van der Waals surface area (Å²) >= 11 is 5.82. The van der Waals surface area contributed by atoms with Crippen LogP contribution in [0.3, 0.4) is 0 Å². The number of carbonyl (C=O) groups is 1. The molecule has 0 heterocycles. The second-order valence-corrected chi connectivity index (χ2v) is 7.49. The molecule has 0 aliphatic heterocycles. The van der Waals surface area contributed by atoms with Crippen LogP contribution in [0, 0.1) is 5.41 Å². The van der Waals surface area contributed by atoms with E-state index in [-0.39, 0.29) is 17.0 Å². The van der Waals surface area contributed by atoms with Gasteiger partial charge in [-0.25, -0.2) is 4.79 Å². The van der Waals surface area contributed by atoms with Crippen LogP contribution in [0.4, 0.5) is 4.79 Å². The van der Waals surface area contributed by atoms with Gasteiger partial charge in [-0.2, -0.15) is 0 Å². The van der Waals surface area contributed by atoms with Crippen LogP contribution in [0.15, 0.2) is 24.3 Å². The molecular formula is C16H25ClN2O. The van der Waals surface area contributed by atoms with Crippen molar-refractivity contribution in [1.82, 2.24) is 10.6 Å². The van der Waals surface area contributed by atoms with E-state index >= 15 is 0 Å². The maximum Gasteiger partial charge on any atom is 0.315 e. The third-order valence-electron chi connectivity index (χ3n) is 2.79. The van der Waals surface area contributed by atoms with Gasteiger partial charge in [-0.15, -0.1) is 0 Å². The molecule has 0 saturated carbocycles. The van der Waals surface area contributed by atoms with E-state index in [1.807, 2.05) is 38.1 Å². The molecule has 1 aromatic rings. The van der Waals surface area contributed by atoms with E-state index in [0.717, 1.165) is 12.0 Å². The number of hydrogen-bond donors (Lipinski definition) is 2. The van der Waals surface area contributed by atoms with Crippen molar-refractivity contribution < 1.29 is 4.79 Å². The predicted octanol–water partition coefficient (Wildman–Crippen LogP) is 4.35. The van der Waals surface area contributed by atoms with Crippen LogP contribution >= 0.6 is 11.6 Å². The maximum atomic E-state index is 11.9. The zero-order valence-electron chi connectivity index (χ0n) is 13.0. The normalized spacial score (nSPS) is 12.1. The van der Waals surface area contributed by atoms with Gasteiger partial charge >= 0.3 is 6.03 Å². The van der Waals surface area contributed by atoms with Gasteiger partial charge in [-0.1, -0.05) is 44.5 Å². The average molecular weight is 297 g/mol. The zero-order valence-corrected chi connectivity index (χ0v) is 13.8. The minimum Gasteiger partial charge on any atom is -0.334 e. The third-order valence-corrected chi connectivity index (χ3v) is 3.04. The smallest absolute Gasteiger partial charge is 0.315 e. The predicted molar refractivity (Wildman–Crippen MR) is 85.0 cm³/mol. The Morgan fingerprint density at radius 3 is 2.15 bits per heavy atom. The Hall–Kier alpha value is -1.22. The van der Waals surface area contributed by atoms with Gasteiger partial charge in [-0.05, 0) is 43.4 Å². The molecule has 2 N–H and O–H groups in total. The number of halogens is 1. The minimum atomic E-state index is -0.234. The summed E-state index contributed by atoms with van der Waals surface area (Å²) in [6.45, 7) is 11.1. The number of benzene rings is 1. The summed E-state index contributed by atoms with van der Waals surface area (Å²) in [6, 6.07) is 7.31. The first-order chi connectivity index (χ1) is 9.07. The van der Waals surface area contributed by atoms with Crippen molar-refractivity contribution in [3.05, 3.63) is 34.9 Å². The number of rotatable bonds is 4. The molecule has 112 valence electrons. The van der Waals surface area contributed by atoms with E-state index in [4.69, 9.17) is 11.6 Å². The molecule has 0 fully saturated rings. The lowest BCUT2D eigenvalue weighted by molar-refractivity contribution is 0.210. The standard InChI is InChI=1S/C16H25ClN2O/c1-15(2,3)11-16(4,5)19-14(20)18-10-12-6-8-13(17)9-7-12/h6-9H,10-11H2,1-5H3,(H2,18,19,20). The Morgan fingerprint density at radius 1 is 1.10 bits per heavy atom. The highest BCUT2D eigenvalue weighted by molar-refractivity contribution is 6.30. The second kappa shape index (κ2) is 6.49. The molecule has 20 heavy (non-hydrogen) atoms. The number of urea groups is 1. The van der Waals surface area contributed by atoms with Crippen LogP contribution in [0.2, 0.25) is 5.02 Å². The summed E-state index contributed by atoms with van der Waals surface area (Å²) in [7, 11) is 0. The molecule has 1 aromatic carbocycles. The molecule has 0 aromatic heterocycles. The lowest BCUT2D eigenvalue weighted by Crippen LogP contribution is -2.49. The molecule has 3 nitrogen and oxygen atoms in total. The summed E-state index contributed by atoms with van der Waals surface area (Å²) in [5.41, 5.74) is 0.966. The average Bonchev–Trinajstić information content (AvgIpc) is 2.24. The molecule has 2 amide bonds. The van der Waals surface area contributed by atoms with E-state index in [0.29, 0.717) is 11.6 Å². The number of hydrogen-bond acceptors (Lipinski definition) is 1. The van der Waals surface area contributed by atoms with E-state index in [2.05, 4.69) is 31.4 Å². The van der Waals surface area contributed by atoms with Gasteiger partial charge in [0.1, 0.15) is 0 Å². The van der Waals surface area contributed by atoms with Gasteiger partial charge in [0.15, 0.2) is 0 Å². The molecular weight excluding hydrogens is 272 g/mol. The van der Waals surface area contributed by atoms with E-state index in [1.54, 1.807) is 0 Å². The van der Waals surface area contributed by atoms with Gasteiger partial charge in [0.05, 0.1) is 0 Å². The monoisotopic (exact) mass is 296 g/mol. The van der Waals surface area contributed by atoms with Gasteiger partial charge in [-0.3, -0.25) is 0 Å². The number of amides is 2. The summed E-state index contributed by atoms with van der Waals surface area (Å²) in [5.74, 6) is 0. The summed E-state index contributed by atoms with van der Waals surface area (Å²) in [4.78, 5) is 11.9. The van der Waals surface area contributed by atoms with Gasteiger partial charge in [0, 0.05) is 17.1 Å².